The molecule has 0 saturated heterocycles. The van der Waals surface area contributed by atoms with Crippen LogP contribution in [0.2, 0.25) is 0 Å². The summed E-state index contributed by atoms with van der Waals surface area (Å²) < 4.78 is 27.1. The second-order valence-corrected chi connectivity index (χ2v) is 6.74. The number of carboxylic acids is 1. The molecule has 0 atom stereocenters. The summed E-state index contributed by atoms with van der Waals surface area (Å²) >= 11 is 0. The first-order valence-electron chi connectivity index (χ1n) is 9.10. The Balaban J connectivity index is 0.00000272. The predicted molar refractivity (Wildman–Crippen MR) is 105 cm³/mol. The second kappa shape index (κ2) is 9.47. The second-order valence-electron chi connectivity index (χ2n) is 6.74. The Kier molecular flexibility index (Phi) is 6.94. The third kappa shape index (κ3) is 5.04. The summed E-state index contributed by atoms with van der Waals surface area (Å²) in [5, 5.41) is 11.0. The van der Waals surface area contributed by atoms with Crippen molar-refractivity contribution in [2.45, 2.75) is 13.5 Å². The molecule has 0 unspecified atom stereocenters. The van der Waals surface area contributed by atoms with Crippen LogP contribution in [0, 0.1) is 12.7 Å². The van der Waals surface area contributed by atoms with Gasteiger partial charge in [-0.3, -0.25) is 0 Å². The van der Waals surface area contributed by atoms with Crippen molar-refractivity contribution in [1.29, 1.82) is 0 Å². The summed E-state index contributed by atoms with van der Waals surface area (Å²) in [5.41, 5.74) is 2.22. The van der Waals surface area contributed by atoms with Crippen molar-refractivity contribution in [2.75, 3.05) is 0 Å². The van der Waals surface area contributed by atoms with E-state index >= 15 is 0 Å². The fourth-order valence-corrected chi connectivity index (χ4v) is 2.98. The van der Waals surface area contributed by atoms with Crippen LogP contribution in [0.3, 0.4) is 0 Å². The van der Waals surface area contributed by atoms with Crippen LogP contribution in [-0.2, 0) is 13.7 Å². The van der Waals surface area contributed by atoms with E-state index in [1.165, 1.54) is 24.4 Å². The number of rotatable bonds is 6. The van der Waals surface area contributed by atoms with Crippen LogP contribution in [0.25, 0.3) is 11.0 Å². The molecule has 31 heavy (non-hydrogen) atoms. The molecule has 0 spiro atoms. The molecule has 0 aliphatic heterocycles. The molecule has 4 rings (SSSR count). The van der Waals surface area contributed by atoms with Crippen molar-refractivity contribution in [3.05, 3.63) is 77.5 Å². The standard InChI is InChI=1S/C22H18FN3O4.Na/c1-13-8-17(23)21(24-11-13)30-16-6-7-18-19(10-16)26(2)20(25-18)12-29-15-5-3-4-14(9-15)22(27)28;/h3-11H,12H2,1-2H3,(H,27,28);/q;+1/p-1. The number of ether oxygens (including phenoxy) is 2. The number of aromatic carboxylic acids is 1. The molecule has 152 valence electrons. The van der Waals surface area contributed by atoms with Gasteiger partial charge in [-0.05, 0) is 42.8 Å². The van der Waals surface area contributed by atoms with E-state index in [-0.39, 0.29) is 47.6 Å². The Bertz CT molecular complexity index is 1260. The van der Waals surface area contributed by atoms with Crippen molar-refractivity contribution in [3.63, 3.8) is 0 Å². The molecule has 4 aromatic rings. The molecule has 2 aromatic carbocycles. The molecule has 7 nitrogen and oxygen atoms in total. The third-order valence-electron chi connectivity index (χ3n) is 4.54. The molecule has 0 fully saturated rings. The quantitative estimate of drug-likeness (QED) is 0.406. The topological polar surface area (TPSA) is 89.3 Å². The van der Waals surface area contributed by atoms with Gasteiger partial charge in [0.25, 0.3) is 5.88 Å². The molecule has 0 aliphatic carbocycles. The van der Waals surface area contributed by atoms with Gasteiger partial charge in [-0.2, -0.15) is 0 Å². The summed E-state index contributed by atoms with van der Waals surface area (Å²) in [6, 6.07) is 12.6. The van der Waals surface area contributed by atoms with E-state index in [2.05, 4.69) is 9.97 Å². The third-order valence-corrected chi connectivity index (χ3v) is 4.54. The van der Waals surface area contributed by atoms with Gasteiger partial charge in [0, 0.05) is 24.9 Å². The number of benzene rings is 2. The number of aromatic nitrogens is 3. The zero-order valence-corrected chi connectivity index (χ0v) is 19.3. The van der Waals surface area contributed by atoms with Gasteiger partial charge < -0.3 is 23.9 Å². The number of imidazole rings is 1. The molecule has 9 heteroatoms. The average molecular weight is 429 g/mol. The van der Waals surface area contributed by atoms with Crippen molar-refractivity contribution >= 4 is 17.0 Å². The fraction of sp³-hybridized carbons (Fsp3) is 0.136. The van der Waals surface area contributed by atoms with E-state index in [0.29, 0.717) is 28.4 Å². The molecule has 0 bridgehead atoms. The van der Waals surface area contributed by atoms with Crippen LogP contribution >= 0.6 is 0 Å². The number of nitrogens with zero attached hydrogens (tertiary/aromatic N) is 3. The zero-order valence-electron chi connectivity index (χ0n) is 17.3. The van der Waals surface area contributed by atoms with Crippen LogP contribution < -0.4 is 44.1 Å². The predicted octanol–water partition coefficient (Wildman–Crippen LogP) is 0.155. The molecule has 0 radical (unpaired) electrons. The summed E-state index contributed by atoms with van der Waals surface area (Å²) in [4.78, 5) is 19.5. The van der Waals surface area contributed by atoms with Gasteiger partial charge in [0.15, 0.2) is 5.82 Å². The maximum Gasteiger partial charge on any atom is 1.00 e. The van der Waals surface area contributed by atoms with Crippen LogP contribution in [0.15, 0.2) is 54.7 Å². The van der Waals surface area contributed by atoms with E-state index in [1.807, 2.05) is 11.6 Å². The van der Waals surface area contributed by atoms with Crippen LogP contribution in [-0.4, -0.2) is 20.5 Å². The molecular formula is C22H17FN3NaO4. The number of hydrogen-bond donors (Lipinski definition) is 0. The maximum absolute atomic E-state index is 14.0. The van der Waals surface area contributed by atoms with Gasteiger partial charge >= 0.3 is 29.6 Å². The Morgan fingerprint density at radius 2 is 1.97 bits per heavy atom. The van der Waals surface area contributed by atoms with Crippen LogP contribution in [0.1, 0.15) is 21.7 Å². The average Bonchev–Trinajstić information content (AvgIpc) is 3.04. The molecule has 2 heterocycles. The number of hydrogen-bond acceptors (Lipinski definition) is 6. The Hall–Kier alpha value is -2.94. The van der Waals surface area contributed by atoms with Gasteiger partial charge in [-0.15, -0.1) is 0 Å². The number of carboxylic acid groups (broad SMARTS) is 1. The SMILES string of the molecule is Cc1cnc(Oc2ccc3nc(COc4cccc(C(=O)[O-])c4)n(C)c3c2)c(F)c1.[Na+]. The van der Waals surface area contributed by atoms with Crippen LogP contribution in [0.5, 0.6) is 17.4 Å². The number of pyridine rings is 1. The van der Waals surface area contributed by atoms with Gasteiger partial charge in [0.2, 0.25) is 0 Å². The smallest absolute Gasteiger partial charge is 0.545 e. The zero-order chi connectivity index (χ0) is 21.3. The maximum atomic E-state index is 14.0. The summed E-state index contributed by atoms with van der Waals surface area (Å²) in [6.45, 7) is 1.88. The van der Waals surface area contributed by atoms with Crippen LogP contribution in [0.4, 0.5) is 4.39 Å². The number of carbonyl (C=O) groups is 1. The van der Waals surface area contributed by atoms with Crippen molar-refractivity contribution in [3.8, 4) is 17.4 Å². The van der Waals surface area contributed by atoms with Gasteiger partial charge in [0.1, 0.15) is 23.9 Å². The number of aryl methyl sites for hydroxylation is 2. The molecule has 0 amide bonds. The molecule has 0 aliphatic rings. The van der Waals surface area contributed by atoms with E-state index in [4.69, 9.17) is 9.47 Å². The Morgan fingerprint density at radius 1 is 1.16 bits per heavy atom. The van der Waals surface area contributed by atoms with E-state index in [0.717, 1.165) is 5.52 Å². The monoisotopic (exact) mass is 429 g/mol. The number of fused-ring (bicyclic) bond motifs is 1. The van der Waals surface area contributed by atoms with Gasteiger partial charge in [-0.1, -0.05) is 12.1 Å². The Labute approximate surface area is 199 Å². The van der Waals surface area contributed by atoms with Gasteiger partial charge in [-0.25, -0.2) is 14.4 Å². The number of carbonyl (C=O) groups excluding carboxylic acids is 1. The molecule has 0 N–H and O–H groups in total. The first kappa shape index (κ1) is 22.7. The number of halogens is 1. The van der Waals surface area contributed by atoms with Crippen molar-refractivity contribution in [1.82, 2.24) is 14.5 Å². The van der Waals surface area contributed by atoms with Gasteiger partial charge in [0.05, 0.1) is 17.0 Å². The fourth-order valence-electron chi connectivity index (χ4n) is 2.98. The van der Waals surface area contributed by atoms with Crippen molar-refractivity contribution < 1.29 is 53.3 Å². The van der Waals surface area contributed by atoms with Crippen molar-refractivity contribution in [2.24, 2.45) is 7.05 Å². The first-order valence-corrected chi connectivity index (χ1v) is 9.10. The van der Waals surface area contributed by atoms with E-state index < -0.39 is 11.8 Å². The minimum absolute atomic E-state index is 0. The molecule has 2 aromatic heterocycles. The first-order chi connectivity index (χ1) is 14.4. The largest absolute Gasteiger partial charge is 1.00 e. The van der Waals surface area contributed by atoms with E-state index in [1.54, 1.807) is 37.3 Å². The summed E-state index contributed by atoms with van der Waals surface area (Å²) in [5.74, 6) is -0.453. The Morgan fingerprint density at radius 3 is 2.71 bits per heavy atom. The van der Waals surface area contributed by atoms with E-state index in [9.17, 15) is 14.3 Å². The normalized spacial score (nSPS) is 10.5. The minimum atomic E-state index is -1.27. The molecular weight excluding hydrogens is 412 g/mol. The summed E-state index contributed by atoms with van der Waals surface area (Å²) in [7, 11) is 1.82. The summed E-state index contributed by atoms with van der Waals surface area (Å²) in [6.07, 6.45) is 1.53. The molecule has 0 saturated carbocycles. The minimum Gasteiger partial charge on any atom is -0.545 e.